The Hall–Kier alpha value is -1.02. The molecule has 0 spiro atoms. The molecule has 2 saturated carbocycles. The molecule has 23 heavy (non-hydrogen) atoms. The van der Waals surface area contributed by atoms with Crippen LogP contribution in [-0.4, -0.2) is 10.9 Å². The minimum absolute atomic E-state index is 0.136. The number of fused-ring (bicyclic) bond motifs is 5. The summed E-state index contributed by atoms with van der Waals surface area (Å²) in [6.07, 6.45) is 5.18. The Labute approximate surface area is 143 Å². The van der Waals surface area contributed by atoms with Gasteiger partial charge in [0.2, 0.25) is 0 Å². The highest BCUT2D eigenvalue weighted by Gasteiger charge is 2.60. The van der Waals surface area contributed by atoms with Crippen molar-refractivity contribution in [1.29, 1.82) is 0 Å². The smallest absolute Gasteiger partial charge is 0.144 e. The molecule has 0 aromatic heterocycles. The van der Waals surface area contributed by atoms with Crippen LogP contribution in [0, 0.1) is 22.7 Å². The van der Waals surface area contributed by atoms with Gasteiger partial charge in [-0.2, -0.15) is 0 Å². The van der Waals surface area contributed by atoms with Crippen molar-refractivity contribution in [2.45, 2.75) is 58.8 Å². The highest BCUT2D eigenvalue weighted by molar-refractivity contribution is 6.32. The highest BCUT2D eigenvalue weighted by atomic mass is 35.5. The number of rotatable bonds is 0. The Morgan fingerprint density at radius 3 is 2.70 bits per heavy atom. The van der Waals surface area contributed by atoms with Crippen LogP contribution >= 0.6 is 11.6 Å². The second-order valence-electron chi connectivity index (χ2n) is 8.79. The van der Waals surface area contributed by atoms with Crippen LogP contribution in [0.25, 0.3) is 0 Å². The van der Waals surface area contributed by atoms with E-state index in [1.54, 1.807) is 0 Å². The first-order valence-corrected chi connectivity index (χ1v) is 9.18. The van der Waals surface area contributed by atoms with E-state index in [1.807, 2.05) is 12.1 Å². The van der Waals surface area contributed by atoms with E-state index in [4.69, 9.17) is 11.6 Å². The van der Waals surface area contributed by atoms with Crippen LogP contribution in [0.5, 0.6) is 5.75 Å². The lowest BCUT2D eigenvalue weighted by Crippen LogP contribution is -2.43. The number of hydrogen-bond donors (Lipinski definition) is 1. The molecule has 0 bridgehead atoms. The average Bonchev–Trinajstić information content (AvgIpc) is 2.68. The lowest BCUT2D eigenvalue weighted by Gasteiger charge is -2.48. The standard InChI is InChI=1S/C20H25ClO2/c1-19(2)10-15-13-5-4-11-8-17(22)16(21)9-14(11)12(13)6-7-20(15,3)18(19)23/h8-9,12-13,15,22H,4-7,10H2,1-3H3/t12?,13?,15?,20-/m0/s1. The van der Waals surface area contributed by atoms with Crippen molar-refractivity contribution < 1.29 is 9.90 Å². The molecular formula is C20H25ClO2. The van der Waals surface area contributed by atoms with Gasteiger partial charge >= 0.3 is 0 Å². The highest BCUT2D eigenvalue weighted by Crippen LogP contribution is 2.63. The molecule has 3 aliphatic carbocycles. The molecule has 124 valence electrons. The van der Waals surface area contributed by atoms with Gasteiger partial charge in [-0.15, -0.1) is 0 Å². The van der Waals surface area contributed by atoms with Gasteiger partial charge in [-0.3, -0.25) is 4.79 Å². The van der Waals surface area contributed by atoms with Crippen molar-refractivity contribution in [1.82, 2.24) is 0 Å². The molecule has 0 radical (unpaired) electrons. The molecular weight excluding hydrogens is 308 g/mol. The fourth-order valence-electron chi connectivity index (χ4n) is 5.97. The predicted octanol–water partition coefficient (Wildman–Crippen LogP) is 5.11. The number of halogens is 1. The number of benzene rings is 1. The first-order valence-electron chi connectivity index (χ1n) is 8.80. The Kier molecular flexibility index (Phi) is 3.20. The van der Waals surface area contributed by atoms with Gasteiger partial charge in [-0.1, -0.05) is 32.4 Å². The molecule has 3 unspecified atom stereocenters. The van der Waals surface area contributed by atoms with Crippen LogP contribution < -0.4 is 0 Å². The number of phenolic OH excluding ortho intramolecular Hbond substituents is 1. The van der Waals surface area contributed by atoms with Crippen molar-refractivity contribution in [2.75, 3.05) is 0 Å². The van der Waals surface area contributed by atoms with Gasteiger partial charge in [-0.05, 0) is 73.1 Å². The second-order valence-corrected chi connectivity index (χ2v) is 9.20. The van der Waals surface area contributed by atoms with Gasteiger partial charge in [0.15, 0.2) is 0 Å². The summed E-state index contributed by atoms with van der Waals surface area (Å²) in [5, 5.41) is 10.3. The number of hydrogen-bond acceptors (Lipinski definition) is 2. The first kappa shape index (κ1) is 15.5. The van der Waals surface area contributed by atoms with Crippen molar-refractivity contribution in [3.8, 4) is 5.75 Å². The minimum Gasteiger partial charge on any atom is -0.506 e. The molecule has 4 atom stereocenters. The molecule has 0 heterocycles. The van der Waals surface area contributed by atoms with Gasteiger partial charge < -0.3 is 5.11 Å². The molecule has 0 saturated heterocycles. The molecule has 3 aliphatic rings. The number of phenols is 1. The van der Waals surface area contributed by atoms with Crippen molar-refractivity contribution in [3.63, 3.8) is 0 Å². The van der Waals surface area contributed by atoms with Crippen LogP contribution in [0.4, 0.5) is 0 Å². The summed E-state index contributed by atoms with van der Waals surface area (Å²) in [5.41, 5.74) is 2.26. The van der Waals surface area contributed by atoms with Crippen molar-refractivity contribution >= 4 is 17.4 Å². The summed E-state index contributed by atoms with van der Waals surface area (Å²) in [5.74, 6) is 2.23. The first-order chi connectivity index (χ1) is 10.7. The molecule has 3 heteroatoms. The number of carbonyl (C=O) groups excluding carboxylic acids is 1. The number of Topliss-reactive ketones (excluding diaryl/α,β-unsaturated/α-hetero) is 1. The average molecular weight is 333 g/mol. The van der Waals surface area contributed by atoms with Gasteiger partial charge in [0.1, 0.15) is 11.5 Å². The third-order valence-corrected chi connectivity index (χ3v) is 7.35. The maximum absolute atomic E-state index is 12.9. The zero-order valence-electron chi connectivity index (χ0n) is 14.2. The second kappa shape index (κ2) is 4.75. The lowest BCUT2D eigenvalue weighted by molar-refractivity contribution is -0.134. The van der Waals surface area contributed by atoms with Crippen LogP contribution in [-0.2, 0) is 11.2 Å². The Morgan fingerprint density at radius 2 is 1.96 bits per heavy atom. The van der Waals surface area contributed by atoms with Gasteiger partial charge in [0.25, 0.3) is 0 Å². The topological polar surface area (TPSA) is 37.3 Å². The summed E-state index contributed by atoms with van der Waals surface area (Å²) < 4.78 is 0. The Balaban J connectivity index is 1.75. The van der Waals surface area contributed by atoms with Crippen molar-refractivity contribution in [3.05, 3.63) is 28.3 Å². The maximum atomic E-state index is 12.9. The Morgan fingerprint density at radius 1 is 1.22 bits per heavy atom. The van der Waals surface area contributed by atoms with E-state index < -0.39 is 0 Å². The third kappa shape index (κ3) is 2.03. The fraction of sp³-hybridized carbons (Fsp3) is 0.650. The summed E-state index contributed by atoms with van der Waals surface area (Å²) >= 11 is 6.18. The van der Waals surface area contributed by atoms with E-state index >= 15 is 0 Å². The summed E-state index contributed by atoms with van der Waals surface area (Å²) in [6.45, 7) is 6.46. The molecule has 4 rings (SSSR count). The van der Waals surface area contributed by atoms with E-state index in [-0.39, 0.29) is 16.6 Å². The maximum Gasteiger partial charge on any atom is 0.144 e. The van der Waals surface area contributed by atoms with Gasteiger partial charge in [0.05, 0.1) is 5.02 Å². The van der Waals surface area contributed by atoms with Gasteiger partial charge in [-0.25, -0.2) is 0 Å². The van der Waals surface area contributed by atoms with E-state index in [2.05, 4.69) is 20.8 Å². The van der Waals surface area contributed by atoms with Crippen LogP contribution in [0.15, 0.2) is 12.1 Å². The van der Waals surface area contributed by atoms with E-state index in [0.29, 0.717) is 28.6 Å². The SMILES string of the molecule is CC1(C)CC2C3CCc4cc(O)c(Cl)cc4C3CC[C@]2(C)C1=O. The molecule has 2 fully saturated rings. The summed E-state index contributed by atoms with van der Waals surface area (Å²) in [6, 6.07) is 3.83. The fourth-order valence-corrected chi connectivity index (χ4v) is 6.15. The van der Waals surface area contributed by atoms with Crippen molar-refractivity contribution in [2.24, 2.45) is 22.7 Å². The quantitative estimate of drug-likeness (QED) is 0.717. The van der Waals surface area contributed by atoms with Crippen LogP contribution in [0.2, 0.25) is 5.02 Å². The molecule has 1 N–H and O–H groups in total. The summed E-state index contributed by atoms with van der Waals surface area (Å²) in [4.78, 5) is 12.9. The summed E-state index contributed by atoms with van der Waals surface area (Å²) in [7, 11) is 0. The number of carbonyl (C=O) groups is 1. The monoisotopic (exact) mass is 332 g/mol. The Bertz CT molecular complexity index is 693. The lowest BCUT2D eigenvalue weighted by atomic mass is 9.55. The molecule has 1 aromatic rings. The van der Waals surface area contributed by atoms with Crippen LogP contribution in [0.1, 0.15) is 63.5 Å². The van der Waals surface area contributed by atoms with Gasteiger partial charge in [0, 0.05) is 10.8 Å². The molecule has 0 aliphatic heterocycles. The number of aryl methyl sites for hydroxylation is 1. The number of ketones is 1. The van der Waals surface area contributed by atoms with Crippen LogP contribution in [0.3, 0.4) is 0 Å². The molecule has 2 nitrogen and oxygen atoms in total. The van der Waals surface area contributed by atoms with E-state index in [9.17, 15) is 9.90 Å². The molecule has 1 aromatic carbocycles. The normalized spacial score (nSPS) is 37.9. The zero-order valence-corrected chi connectivity index (χ0v) is 14.9. The third-order valence-electron chi connectivity index (χ3n) is 7.05. The molecule has 0 amide bonds. The van der Waals surface area contributed by atoms with E-state index in [0.717, 1.165) is 32.1 Å². The number of aromatic hydroxyl groups is 1. The zero-order chi connectivity index (χ0) is 16.6. The largest absolute Gasteiger partial charge is 0.506 e. The predicted molar refractivity (Wildman–Crippen MR) is 91.9 cm³/mol. The minimum atomic E-state index is -0.179. The van der Waals surface area contributed by atoms with E-state index in [1.165, 1.54) is 11.1 Å².